The Morgan fingerprint density at radius 1 is 1.29 bits per heavy atom. The van der Waals surface area contributed by atoms with Gasteiger partial charge in [-0.15, -0.1) is 11.3 Å². The minimum Gasteiger partial charge on any atom is -0.313 e. The number of thiazole rings is 1. The molecule has 1 N–H and O–H groups in total. The minimum absolute atomic E-state index is 0.847. The third-order valence-corrected chi connectivity index (χ3v) is 5.03. The molecule has 0 radical (unpaired) electrons. The van der Waals surface area contributed by atoms with Gasteiger partial charge in [0.25, 0.3) is 0 Å². The molecule has 0 aliphatic heterocycles. The Kier molecular flexibility index (Phi) is 4.85. The Balaban J connectivity index is 1.95. The summed E-state index contributed by atoms with van der Waals surface area (Å²) in [6.45, 7) is 4.05. The summed E-state index contributed by atoms with van der Waals surface area (Å²) < 4.78 is 1.04. The van der Waals surface area contributed by atoms with E-state index in [1.54, 1.807) is 23.1 Å². The lowest BCUT2D eigenvalue weighted by Gasteiger charge is -2.10. The molecular weight excluding hydrogens is 298 g/mol. The predicted molar refractivity (Wildman–Crippen MR) is 90.0 cm³/mol. The van der Waals surface area contributed by atoms with Crippen LogP contribution in [0.5, 0.6) is 0 Å². The molecule has 3 aromatic rings. The molecule has 0 unspecified atom stereocenters. The van der Waals surface area contributed by atoms with Gasteiger partial charge in [-0.25, -0.2) is 9.97 Å². The Hall–Kier alpha value is -1.43. The van der Waals surface area contributed by atoms with Gasteiger partial charge in [0.2, 0.25) is 0 Å². The fourth-order valence-electron chi connectivity index (χ4n) is 2.10. The van der Waals surface area contributed by atoms with Gasteiger partial charge < -0.3 is 5.32 Å². The van der Waals surface area contributed by atoms with Crippen LogP contribution in [0.15, 0.2) is 51.3 Å². The Bertz CT molecular complexity index is 711. The molecule has 3 rings (SSSR count). The van der Waals surface area contributed by atoms with Crippen molar-refractivity contribution in [1.82, 2.24) is 15.3 Å². The van der Waals surface area contributed by atoms with Gasteiger partial charge in [-0.1, -0.05) is 25.1 Å². The summed E-state index contributed by atoms with van der Waals surface area (Å²) in [7, 11) is 0. The standard InChI is InChI=1S/C16H17N3S2/c1-2-7-17-11-13-10-12-5-3-4-6-14(12)19-15(13)21-16-18-8-9-20-16/h3-6,8-10,17H,2,7,11H2,1H3. The maximum absolute atomic E-state index is 4.82. The van der Waals surface area contributed by atoms with Crippen molar-refractivity contribution in [2.24, 2.45) is 0 Å². The first-order valence-corrected chi connectivity index (χ1v) is 8.73. The molecule has 0 saturated carbocycles. The molecule has 0 fully saturated rings. The zero-order valence-electron chi connectivity index (χ0n) is 11.9. The third-order valence-electron chi connectivity index (χ3n) is 3.10. The number of hydrogen-bond acceptors (Lipinski definition) is 5. The van der Waals surface area contributed by atoms with E-state index in [0.717, 1.165) is 34.4 Å². The highest BCUT2D eigenvalue weighted by molar-refractivity contribution is 8.01. The highest BCUT2D eigenvalue weighted by Gasteiger charge is 2.10. The molecule has 5 heteroatoms. The molecule has 0 aliphatic rings. The zero-order chi connectivity index (χ0) is 14.5. The number of rotatable bonds is 6. The number of nitrogens with one attached hydrogen (secondary N) is 1. The molecule has 1 aromatic carbocycles. The molecule has 2 heterocycles. The van der Waals surface area contributed by atoms with Crippen LogP contribution >= 0.6 is 23.1 Å². The summed E-state index contributed by atoms with van der Waals surface area (Å²) >= 11 is 3.30. The summed E-state index contributed by atoms with van der Waals surface area (Å²) in [6, 6.07) is 10.5. The Morgan fingerprint density at radius 2 is 2.19 bits per heavy atom. The first-order valence-electron chi connectivity index (χ1n) is 7.03. The van der Waals surface area contributed by atoms with E-state index in [9.17, 15) is 0 Å². The summed E-state index contributed by atoms with van der Waals surface area (Å²) in [4.78, 5) is 9.17. The van der Waals surface area contributed by atoms with Crippen molar-refractivity contribution in [1.29, 1.82) is 0 Å². The second-order valence-corrected chi connectivity index (χ2v) is 6.85. The van der Waals surface area contributed by atoms with E-state index >= 15 is 0 Å². The summed E-state index contributed by atoms with van der Waals surface area (Å²) in [5.41, 5.74) is 2.28. The number of fused-ring (bicyclic) bond motifs is 1. The maximum Gasteiger partial charge on any atom is 0.156 e. The van der Waals surface area contributed by atoms with Crippen LogP contribution in [0.25, 0.3) is 10.9 Å². The van der Waals surface area contributed by atoms with Gasteiger partial charge in [0.05, 0.1) is 5.52 Å². The molecule has 2 aromatic heterocycles. The van der Waals surface area contributed by atoms with Gasteiger partial charge >= 0.3 is 0 Å². The summed E-state index contributed by atoms with van der Waals surface area (Å²) in [6.07, 6.45) is 2.97. The van der Waals surface area contributed by atoms with Crippen LogP contribution in [-0.2, 0) is 6.54 Å². The molecule has 0 atom stereocenters. The minimum atomic E-state index is 0.847. The van der Waals surface area contributed by atoms with Crippen molar-refractivity contribution in [3.05, 3.63) is 47.5 Å². The van der Waals surface area contributed by atoms with Crippen LogP contribution in [0.1, 0.15) is 18.9 Å². The number of hydrogen-bond donors (Lipinski definition) is 1. The lowest BCUT2D eigenvalue weighted by Crippen LogP contribution is -2.14. The van der Waals surface area contributed by atoms with Crippen LogP contribution in [0.4, 0.5) is 0 Å². The molecule has 0 spiro atoms. The zero-order valence-corrected chi connectivity index (χ0v) is 13.5. The molecule has 0 bridgehead atoms. The van der Waals surface area contributed by atoms with E-state index in [1.165, 1.54) is 10.9 Å². The van der Waals surface area contributed by atoms with Gasteiger partial charge in [-0.2, -0.15) is 0 Å². The smallest absolute Gasteiger partial charge is 0.156 e. The summed E-state index contributed by atoms with van der Waals surface area (Å²) in [5, 5.41) is 7.70. The lowest BCUT2D eigenvalue weighted by molar-refractivity contribution is 0.666. The average Bonchev–Trinajstić information content (AvgIpc) is 3.01. The van der Waals surface area contributed by atoms with Gasteiger partial charge in [0.15, 0.2) is 4.34 Å². The number of nitrogens with zero attached hydrogens (tertiary/aromatic N) is 2. The largest absolute Gasteiger partial charge is 0.313 e. The fraction of sp³-hybridized carbons (Fsp3) is 0.250. The van der Waals surface area contributed by atoms with Crippen molar-refractivity contribution >= 4 is 34.0 Å². The van der Waals surface area contributed by atoms with Gasteiger partial charge in [-0.05, 0) is 42.4 Å². The van der Waals surface area contributed by atoms with Crippen molar-refractivity contribution in [3.8, 4) is 0 Å². The Morgan fingerprint density at radius 3 is 3.00 bits per heavy atom. The van der Waals surface area contributed by atoms with Crippen molar-refractivity contribution < 1.29 is 0 Å². The maximum atomic E-state index is 4.82. The van der Waals surface area contributed by atoms with E-state index in [2.05, 4.69) is 41.5 Å². The van der Waals surface area contributed by atoms with Crippen LogP contribution < -0.4 is 5.32 Å². The first kappa shape index (κ1) is 14.5. The van der Waals surface area contributed by atoms with Crippen LogP contribution in [0, 0.1) is 0 Å². The molecule has 0 aliphatic carbocycles. The third kappa shape index (κ3) is 3.61. The van der Waals surface area contributed by atoms with E-state index in [0.29, 0.717) is 0 Å². The molecule has 0 amide bonds. The quantitative estimate of drug-likeness (QED) is 0.687. The van der Waals surface area contributed by atoms with Crippen molar-refractivity contribution in [3.63, 3.8) is 0 Å². The second-order valence-electron chi connectivity index (χ2n) is 4.72. The first-order chi connectivity index (χ1) is 10.4. The van der Waals surface area contributed by atoms with Gasteiger partial charge in [0, 0.05) is 23.5 Å². The number of aromatic nitrogens is 2. The van der Waals surface area contributed by atoms with Crippen molar-refractivity contribution in [2.45, 2.75) is 29.3 Å². The van der Waals surface area contributed by atoms with E-state index in [1.807, 2.05) is 17.6 Å². The predicted octanol–water partition coefficient (Wildman–Crippen LogP) is 4.34. The topological polar surface area (TPSA) is 37.8 Å². The van der Waals surface area contributed by atoms with Crippen LogP contribution in [0.2, 0.25) is 0 Å². The Labute approximate surface area is 132 Å². The van der Waals surface area contributed by atoms with E-state index in [-0.39, 0.29) is 0 Å². The highest BCUT2D eigenvalue weighted by atomic mass is 32.2. The molecule has 0 saturated heterocycles. The SMILES string of the molecule is CCCNCc1cc2ccccc2nc1Sc1nccs1. The monoisotopic (exact) mass is 315 g/mol. The van der Waals surface area contributed by atoms with Gasteiger partial charge in [0.1, 0.15) is 5.03 Å². The van der Waals surface area contributed by atoms with E-state index < -0.39 is 0 Å². The second kappa shape index (κ2) is 7.02. The fourth-order valence-corrected chi connectivity index (χ4v) is 3.74. The van der Waals surface area contributed by atoms with Gasteiger partial charge in [-0.3, -0.25) is 0 Å². The molecule has 3 nitrogen and oxygen atoms in total. The molecule has 21 heavy (non-hydrogen) atoms. The normalized spacial score (nSPS) is 11.1. The highest BCUT2D eigenvalue weighted by Crippen LogP contribution is 2.32. The number of pyridine rings is 1. The number of benzene rings is 1. The van der Waals surface area contributed by atoms with E-state index in [4.69, 9.17) is 4.98 Å². The molecule has 108 valence electrons. The number of para-hydroxylation sites is 1. The molecular formula is C16H17N3S2. The average molecular weight is 315 g/mol. The van der Waals surface area contributed by atoms with Crippen molar-refractivity contribution in [2.75, 3.05) is 6.54 Å². The summed E-state index contributed by atoms with van der Waals surface area (Å²) in [5.74, 6) is 0. The lowest BCUT2D eigenvalue weighted by atomic mass is 10.1. The van der Waals surface area contributed by atoms with Crippen LogP contribution in [-0.4, -0.2) is 16.5 Å². The van der Waals surface area contributed by atoms with Crippen LogP contribution in [0.3, 0.4) is 0 Å².